The Balaban J connectivity index is 1.83. The minimum atomic E-state index is -0.590. The Bertz CT molecular complexity index is 461. The lowest BCUT2D eigenvalue weighted by Crippen LogP contribution is -2.40. The van der Waals surface area contributed by atoms with Crippen LogP contribution in [0.2, 0.25) is 0 Å². The highest BCUT2D eigenvalue weighted by Crippen LogP contribution is 2.52. The van der Waals surface area contributed by atoms with E-state index in [1.807, 2.05) is 17.1 Å². The molecule has 1 spiro atoms. The highest BCUT2D eigenvalue weighted by atomic mass is 16.6. The van der Waals surface area contributed by atoms with Gasteiger partial charge < -0.3 is 14.4 Å². The predicted octanol–water partition coefficient (Wildman–Crippen LogP) is 1.13. The Kier molecular flexibility index (Phi) is 3.32. The van der Waals surface area contributed by atoms with E-state index in [9.17, 15) is 9.59 Å². The second-order valence-corrected chi connectivity index (χ2v) is 5.77. The summed E-state index contributed by atoms with van der Waals surface area (Å²) in [7, 11) is 0. The second kappa shape index (κ2) is 4.88. The number of fused-ring (bicyclic) bond motifs is 1. The van der Waals surface area contributed by atoms with Crippen LogP contribution in [0.3, 0.4) is 0 Å². The Morgan fingerprint density at radius 3 is 3.05 bits per heavy atom. The maximum absolute atomic E-state index is 12.6. The van der Waals surface area contributed by atoms with Crippen molar-refractivity contribution < 1.29 is 19.1 Å². The van der Waals surface area contributed by atoms with Crippen LogP contribution in [0.4, 0.5) is 0 Å². The van der Waals surface area contributed by atoms with Crippen molar-refractivity contribution in [2.24, 2.45) is 11.8 Å². The molecule has 5 heteroatoms. The summed E-state index contributed by atoms with van der Waals surface area (Å²) in [6.07, 6.45) is 5.61. The van der Waals surface area contributed by atoms with Gasteiger partial charge in [-0.1, -0.05) is 25.5 Å². The normalized spacial score (nSPS) is 37.6. The molecule has 5 nitrogen and oxygen atoms in total. The summed E-state index contributed by atoms with van der Waals surface area (Å²) in [4.78, 5) is 26.6. The molecule has 0 N–H and O–H groups in total. The number of rotatable bonds is 5. The maximum Gasteiger partial charge on any atom is 0.312 e. The predicted molar refractivity (Wildman–Crippen MR) is 71.8 cm³/mol. The zero-order chi connectivity index (χ0) is 14.3. The van der Waals surface area contributed by atoms with Crippen LogP contribution in [0.1, 0.15) is 26.7 Å². The molecule has 3 heterocycles. The molecule has 4 atom stereocenters. The van der Waals surface area contributed by atoms with Crippen LogP contribution in [0.25, 0.3) is 0 Å². The molecule has 3 rings (SSSR count). The SMILES string of the molecule is CCCCN1C[C@@]23C=C[C@@H](O2)C(C(=O)OCC)[C@H]3C1=O. The lowest BCUT2D eigenvalue weighted by molar-refractivity contribution is -0.153. The van der Waals surface area contributed by atoms with E-state index in [1.165, 1.54) is 0 Å². The third-order valence-corrected chi connectivity index (χ3v) is 4.52. The third-order valence-electron chi connectivity index (χ3n) is 4.52. The van der Waals surface area contributed by atoms with E-state index < -0.39 is 17.4 Å². The summed E-state index contributed by atoms with van der Waals surface area (Å²) >= 11 is 0. The van der Waals surface area contributed by atoms with E-state index in [1.54, 1.807) is 6.92 Å². The molecule has 0 aromatic rings. The topological polar surface area (TPSA) is 55.8 Å². The minimum absolute atomic E-state index is 0.0448. The number of likely N-dealkylation sites (tertiary alicyclic amines) is 1. The van der Waals surface area contributed by atoms with Crippen molar-refractivity contribution in [2.45, 2.75) is 38.4 Å². The number of carbonyl (C=O) groups excluding carboxylic acids is 2. The Labute approximate surface area is 118 Å². The summed E-state index contributed by atoms with van der Waals surface area (Å²) in [5, 5.41) is 0. The Morgan fingerprint density at radius 1 is 1.55 bits per heavy atom. The van der Waals surface area contributed by atoms with Crippen LogP contribution in [-0.4, -0.2) is 48.2 Å². The number of hydrogen-bond acceptors (Lipinski definition) is 4. The lowest BCUT2D eigenvalue weighted by atomic mass is 9.77. The van der Waals surface area contributed by atoms with Gasteiger partial charge in [-0.3, -0.25) is 9.59 Å². The zero-order valence-corrected chi connectivity index (χ0v) is 12.0. The van der Waals surface area contributed by atoms with Gasteiger partial charge in [0.2, 0.25) is 5.91 Å². The largest absolute Gasteiger partial charge is 0.466 e. The van der Waals surface area contributed by atoms with Gasteiger partial charge in [0, 0.05) is 6.54 Å². The van der Waals surface area contributed by atoms with Gasteiger partial charge in [-0.2, -0.15) is 0 Å². The number of esters is 1. The summed E-state index contributed by atoms with van der Waals surface area (Å²) in [5.41, 5.74) is -0.590. The third kappa shape index (κ3) is 1.79. The quantitative estimate of drug-likeness (QED) is 0.559. The number of unbranched alkanes of at least 4 members (excludes halogenated alkanes) is 1. The first kappa shape index (κ1) is 13.6. The van der Waals surface area contributed by atoms with Crippen LogP contribution >= 0.6 is 0 Å². The molecule has 1 unspecified atom stereocenters. The van der Waals surface area contributed by atoms with Crippen molar-refractivity contribution in [3.8, 4) is 0 Å². The molecule has 0 aromatic heterocycles. The first-order valence-corrected chi connectivity index (χ1v) is 7.45. The van der Waals surface area contributed by atoms with Crippen LogP contribution in [0.5, 0.6) is 0 Å². The van der Waals surface area contributed by atoms with Gasteiger partial charge in [0.05, 0.1) is 25.2 Å². The molecule has 0 radical (unpaired) electrons. The molecule has 0 saturated carbocycles. The minimum Gasteiger partial charge on any atom is -0.466 e. The summed E-state index contributed by atoms with van der Waals surface area (Å²) < 4.78 is 11.1. The molecule has 2 saturated heterocycles. The summed E-state index contributed by atoms with van der Waals surface area (Å²) in [5.74, 6) is -1.13. The fourth-order valence-corrected chi connectivity index (χ4v) is 3.62. The van der Waals surface area contributed by atoms with E-state index in [0.29, 0.717) is 13.2 Å². The van der Waals surface area contributed by atoms with Gasteiger partial charge >= 0.3 is 5.97 Å². The van der Waals surface area contributed by atoms with Crippen molar-refractivity contribution in [3.05, 3.63) is 12.2 Å². The van der Waals surface area contributed by atoms with Crippen LogP contribution < -0.4 is 0 Å². The number of nitrogens with zero attached hydrogens (tertiary/aromatic N) is 1. The average Bonchev–Trinajstić information content (AvgIpc) is 3.05. The summed E-state index contributed by atoms with van der Waals surface area (Å²) in [6, 6.07) is 0. The zero-order valence-electron chi connectivity index (χ0n) is 12.0. The van der Waals surface area contributed by atoms with E-state index in [4.69, 9.17) is 9.47 Å². The van der Waals surface area contributed by atoms with E-state index in [-0.39, 0.29) is 18.0 Å². The van der Waals surface area contributed by atoms with Crippen LogP contribution in [0, 0.1) is 11.8 Å². The van der Waals surface area contributed by atoms with Crippen molar-refractivity contribution in [3.63, 3.8) is 0 Å². The monoisotopic (exact) mass is 279 g/mol. The molecule has 110 valence electrons. The first-order valence-electron chi connectivity index (χ1n) is 7.45. The molecule has 3 aliphatic rings. The molecular weight excluding hydrogens is 258 g/mol. The van der Waals surface area contributed by atoms with E-state index in [2.05, 4.69) is 6.92 Å². The smallest absolute Gasteiger partial charge is 0.312 e. The Hall–Kier alpha value is -1.36. The summed E-state index contributed by atoms with van der Waals surface area (Å²) in [6.45, 7) is 5.52. The molecule has 20 heavy (non-hydrogen) atoms. The van der Waals surface area contributed by atoms with Crippen LogP contribution in [0.15, 0.2) is 12.2 Å². The number of amides is 1. The van der Waals surface area contributed by atoms with Gasteiger partial charge in [-0.15, -0.1) is 0 Å². The van der Waals surface area contributed by atoms with E-state index >= 15 is 0 Å². The molecular formula is C15H21NO4. The van der Waals surface area contributed by atoms with Crippen LogP contribution in [-0.2, 0) is 19.1 Å². The number of carbonyl (C=O) groups is 2. The van der Waals surface area contributed by atoms with Gasteiger partial charge in [0.1, 0.15) is 11.5 Å². The molecule has 2 fully saturated rings. The van der Waals surface area contributed by atoms with Gasteiger partial charge in [0.25, 0.3) is 0 Å². The highest BCUT2D eigenvalue weighted by Gasteiger charge is 2.67. The van der Waals surface area contributed by atoms with Crippen molar-refractivity contribution in [1.29, 1.82) is 0 Å². The first-order chi connectivity index (χ1) is 9.63. The van der Waals surface area contributed by atoms with Gasteiger partial charge in [0.15, 0.2) is 0 Å². The molecule has 2 bridgehead atoms. The molecule has 3 aliphatic heterocycles. The highest BCUT2D eigenvalue weighted by molar-refractivity contribution is 5.91. The fraction of sp³-hybridized carbons (Fsp3) is 0.733. The van der Waals surface area contributed by atoms with Crippen molar-refractivity contribution in [2.75, 3.05) is 19.7 Å². The standard InChI is InChI=1S/C15H21NO4/c1-3-5-8-16-9-15-7-6-10(20-15)11(12(15)13(16)17)14(18)19-4-2/h6-7,10-12H,3-5,8-9H2,1-2H3/t10-,11?,12+,15-/m1/s1. The van der Waals surface area contributed by atoms with Gasteiger partial charge in [-0.25, -0.2) is 0 Å². The molecule has 0 aliphatic carbocycles. The maximum atomic E-state index is 12.6. The second-order valence-electron chi connectivity index (χ2n) is 5.77. The van der Waals surface area contributed by atoms with Crippen molar-refractivity contribution in [1.82, 2.24) is 4.90 Å². The molecule has 1 amide bonds. The Morgan fingerprint density at radius 2 is 2.35 bits per heavy atom. The van der Waals surface area contributed by atoms with E-state index in [0.717, 1.165) is 19.4 Å². The average molecular weight is 279 g/mol. The number of ether oxygens (including phenoxy) is 2. The fourth-order valence-electron chi connectivity index (χ4n) is 3.62. The lowest BCUT2D eigenvalue weighted by Gasteiger charge is -2.22. The number of hydrogen-bond donors (Lipinski definition) is 0. The van der Waals surface area contributed by atoms with Gasteiger partial charge in [-0.05, 0) is 13.3 Å². The molecule has 0 aromatic carbocycles. The van der Waals surface area contributed by atoms with Crippen molar-refractivity contribution >= 4 is 11.9 Å².